The fraction of sp³-hybridized carbons (Fsp3) is 0.941. The molecular weight excluding hydrogens is 234 g/mol. The molecule has 0 aromatic heterocycles. The van der Waals surface area contributed by atoms with Crippen molar-refractivity contribution in [3.8, 4) is 0 Å². The van der Waals surface area contributed by atoms with Gasteiger partial charge in [-0.2, -0.15) is 0 Å². The fourth-order valence-electron chi connectivity index (χ4n) is 2.04. The van der Waals surface area contributed by atoms with Gasteiger partial charge in [0.1, 0.15) is 0 Å². The normalized spacial score (nSPS) is 12.5. The summed E-state index contributed by atoms with van der Waals surface area (Å²) in [4.78, 5) is 11.6. The van der Waals surface area contributed by atoms with Gasteiger partial charge >= 0.3 is 0 Å². The standard InChI is InChI=1S/C17H35NO/c1-16(2,3)12-8-7-11-15(19)18-14-10-9-13-17(4,5)6/h7-14H2,1-6H3,(H,18,19). The maximum absolute atomic E-state index is 11.6. The van der Waals surface area contributed by atoms with Gasteiger partial charge < -0.3 is 5.32 Å². The molecule has 0 saturated carbocycles. The van der Waals surface area contributed by atoms with Crippen LogP contribution in [0.5, 0.6) is 0 Å². The first-order chi connectivity index (χ1) is 8.60. The van der Waals surface area contributed by atoms with E-state index in [1.807, 2.05) is 0 Å². The van der Waals surface area contributed by atoms with Crippen LogP contribution < -0.4 is 5.32 Å². The number of amides is 1. The van der Waals surface area contributed by atoms with Gasteiger partial charge in [0, 0.05) is 13.0 Å². The highest BCUT2D eigenvalue weighted by atomic mass is 16.1. The summed E-state index contributed by atoms with van der Waals surface area (Å²) in [6.07, 6.45) is 7.60. The molecule has 1 N–H and O–H groups in total. The number of nitrogens with one attached hydrogen (secondary N) is 1. The van der Waals surface area contributed by atoms with E-state index in [9.17, 15) is 4.79 Å². The Kier molecular flexibility index (Phi) is 8.36. The lowest BCUT2D eigenvalue weighted by atomic mass is 9.89. The molecule has 0 rings (SSSR count). The van der Waals surface area contributed by atoms with E-state index in [1.165, 1.54) is 19.3 Å². The van der Waals surface area contributed by atoms with Gasteiger partial charge in [-0.3, -0.25) is 4.79 Å². The second-order valence-electron chi connectivity index (χ2n) is 8.14. The lowest BCUT2D eigenvalue weighted by Crippen LogP contribution is -2.24. The van der Waals surface area contributed by atoms with E-state index in [2.05, 4.69) is 46.9 Å². The Morgan fingerprint density at radius 3 is 1.74 bits per heavy atom. The summed E-state index contributed by atoms with van der Waals surface area (Å²) in [5.41, 5.74) is 0.806. The van der Waals surface area contributed by atoms with Gasteiger partial charge in [-0.05, 0) is 36.5 Å². The fourth-order valence-corrected chi connectivity index (χ4v) is 2.04. The van der Waals surface area contributed by atoms with Crippen LogP contribution in [0.4, 0.5) is 0 Å². The summed E-state index contributed by atoms with van der Waals surface area (Å²) < 4.78 is 0. The highest BCUT2D eigenvalue weighted by Gasteiger charge is 2.10. The third-order valence-electron chi connectivity index (χ3n) is 3.26. The van der Waals surface area contributed by atoms with Crippen LogP contribution in [0.25, 0.3) is 0 Å². The molecule has 0 radical (unpaired) electrons. The molecule has 0 heterocycles. The number of unbranched alkanes of at least 4 members (excludes halogenated alkanes) is 2. The Labute approximate surface area is 120 Å². The maximum atomic E-state index is 11.6. The van der Waals surface area contributed by atoms with Gasteiger partial charge in [0.05, 0.1) is 0 Å². The van der Waals surface area contributed by atoms with E-state index in [4.69, 9.17) is 0 Å². The first kappa shape index (κ1) is 18.5. The minimum Gasteiger partial charge on any atom is -0.356 e. The van der Waals surface area contributed by atoms with Crippen LogP contribution in [0.2, 0.25) is 0 Å². The SMILES string of the molecule is CC(C)(C)CCCCNC(=O)CCCCC(C)(C)C. The monoisotopic (exact) mass is 269 g/mol. The Hall–Kier alpha value is -0.530. The third-order valence-corrected chi connectivity index (χ3v) is 3.26. The lowest BCUT2D eigenvalue weighted by molar-refractivity contribution is -0.121. The average molecular weight is 269 g/mol. The summed E-state index contributed by atoms with van der Waals surface area (Å²) in [7, 11) is 0. The number of carbonyl (C=O) groups is 1. The van der Waals surface area contributed by atoms with Crippen LogP contribution in [0, 0.1) is 10.8 Å². The number of carbonyl (C=O) groups excluding carboxylic acids is 1. The van der Waals surface area contributed by atoms with Crippen molar-refractivity contribution in [2.24, 2.45) is 10.8 Å². The Balaban J connectivity index is 3.41. The third kappa shape index (κ3) is 15.4. The molecule has 2 nitrogen and oxygen atoms in total. The largest absolute Gasteiger partial charge is 0.356 e. The minimum absolute atomic E-state index is 0.227. The first-order valence-electron chi connectivity index (χ1n) is 7.87. The van der Waals surface area contributed by atoms with Crippen molar-refractivity contribution < 1.29 is 4.79 Å². The molecular formula is C17H35NO. The molecule has 114 valence electrons. The summed E-state index contributed by atoms with van der Waals surface area (Å²) in [6, 6.07) is 0. The van der Waals surface area contributed by atoms with Gasteiger partial charge in [0.25, 0.3) is 0 Å². The average Bonchev–Trinajstić information content (AvgIpc) is 2.21. The molecule has 0 saturated heterocycles. The quantitative estimate of drug-likeness (QED) is 0.622. The van der Waals surface area contributed by atoms with Crippen molar-refractivity contribution in [1.29, 1.82) is 0 Å². The molecule has 0 unspecified atom stereocenters. The van der Waals surface area contributed by atoms with Crippen LogP contribution in [-0.2, 0) is 4.79 Å². The summed E-state index contributed by atoms with van der Waals surface area (Å²) in [5.74, 6) is 0.227. The molecule has 0 aliphatic carbocycles. The summed E-state index contributed by atoms with van der Waals surface area (Å²) in [6.45, 7) is 14.4. The smallest absolute Gasteiger partial charge is 0.219 e. The molecule has 0 aliphatic heterocycles. The highest BCUT2D eigenvalue weighted by molar-refractivity contribution is 5.75. The van der Waals surface area contributed by atoms with Crippen LogP contribution in [0.3, 0.4) is 0 Å². The zero-order chi connectivity index (χ0) is 14.9. The first-order valence-corrected chi connectivity index (χ1v) is 7.87. The van der Waals surface area contributed by atoms with E-state index in [0.29, 0.717) is 17.3 Å². The van der Waals surface area contributed by atoms with Crippen molar-refractivity contribution in [3.05, 3.63) is 0 Å². The van der Waals surface area contributed by atoms with Crippen LogP contribution in [0.1, 0.15) is 86.5 Å². The van der Waals surface area contributed by atoms with Crippen molar-refractivity contribution >= 4 is 5.91 Å². The van der Waals surface area contributed by atoms with Crippen LogP contribution in [-0.4, -0.2) is 12.5 Å². The van der Waals surface area contributed by atoms with Gasteiger partial charge in [0.15, 0.2) is 0 Å². The molecule has 0 bridgehead atoms. The molecule has 0 spiro atoms. The van der Waals surface area contributed by atoms with Crippen LogP contribution in [0.15, 0.2) is 0 Å². The Morgan fingerprint density at radius 2 is 1.26 bits per heavy atom. The molecule has 0 atom stereocenters. The summed E-state index contributed by atoms with van der Waals surface area (Å²) in [5, 5.41) is 3.03. The Morgan fingerprint density at radius 1 is 0.789 bits per heavy atom. The van der Waals surface area contributed by atoms with Crippen molar-refractivity contribution in [2.75, 3.05) is 6.54 Å². The van der Waals surface area contributed by atoms with E-state index in [0.717, 1.165) is 25.8 Å². The maximum Gasteiger partial charge on any atom is 0.219 e. The number of hydrogen-bond acceptors (Lipinski definition) is 1. The van der Waals surface area contributed by atoms with Crippen LogP contribution >= 0.6 is 0 Å². The second-order valence-corrected chi connectivity index (χ2v) is 8.14. The van der Waals surface area contributed by atoms with E-state index >= 15 is 0 Å². The predicted octanol–water partition coefficient (Wildman–Crippen LogP) is 4.93. The predicted molar refractivity (Wildman–Crippen MR) is 84.2 cm³/mol. The molecule has 0 aliphatic rings. The topological polar surface area (TPSA) is 29.1 Å². The van der Waals surface area contributed by atoms with E-state index in [1.54, 1.807) is 0 Å². The zero-order valence-corrected chi connectivity index (χ0v) is 14.1. The van der Waals surface area contributed by atoms with Crippen molar-refractivity contribution in [2.45, 2.75) is 86.5 Å². The molecule has 1 amide bonds. The highest BCUT2D eigenvalue weighted by Crippen LogP contribution is 2.22. The number of hydrogen-bond donors (Lipinski definition) is 1. The van der Waals surface area contributed by atoms with E-state index in [-0.39, 0.29) is 5.91 Å². The van der Waals surface area contributed by atoms with Gasteiger partial charge in [-0.15, -0.1) is 0 Å². The molecule has 0 fully saturated rings. The van der Waals surface area contributed by atoms with Gasteiger partial charge in [0.2, 0.25) is 5.91 Å². The zero-order valence-electron chi connectivity index (χ0n) is 14.1. The van der Waals surface area contributed by atoms with Gasteiger partial charge in [-0.25, -0.2) is 0 Å². The molecule has 2 heteroatoms. The number of rotatable bonds is 8. The second kappa shape index (κ2) is 8.60. The molecule has 0 aromatic rings. The van der Waals surface area contributed by atoms with Crippen molar-refractivity contribution in [1.82, 2.24) is 5.32 Å². The van der Waals surface area contributed by atoms with E-state index < -0.39 is 0 Å². The molecule has 0 aromatic carbocycles. The van der Waals surface area contributed by atoms with Crippen molar-refractivity contribution in [3.63, 3.8) is 0 Å². The summed E-state index contributed by atoms with van der Waals surface area (Å²) >= 11 is 0. The lowest BCUT2D eigenvalue weighted by Gasteiger charge is -2.18. The minimum atomic E-state index is 0.227. The Bertz CT molecular complexity index is 245. The van der Waals surface area contributed by atoms with Gasteiger partial charge in [-0.1, -0.05) is 54.4 Å². The molecule has 19 heavy (non-hydrogen) atoms.